The molecule has 0 saturated carbocycles. The molecule has 2 aliphatic rings. The van der Waals surface area contributed by atoms with Gasteiger partial charge >= 0.3 is 5.97 Å². The van der Waals surface area contributed by atoms with E-state index in [1.165, 1.54) is 4.90 Å². The van der Waals surface area contributed by atoms with E-state index >= 15 is 4.39 Å². The molecule has 1 aromatic carbocycles. The third kappa shape index (κ3) is 3.14. The summed E-state index contributed by atoms with van der Waals surface area (Å²) < 4.78 is 42.9. The van der Waals surface area contributed by atoms with Crippen molar-refractivity contribution in [2.24, 2.45) is 0 Å². The van der Waals surface area contributed by atoms with Crippen LogP contribution in [0.15, 0.2) is 6.07 Å². The summed E-state index contributed by atoms with van der Waals surface area (Å²) in [4.78, 5) is 39.9. The first-order valence-corrected chi connectivity index (χ1v) is 8.37. The standard InChI is InChI=1S/C17H18F3N3O4/c1-21-4-6-22(7-5-21)13-10(19)8-9-12(11(13)20)23(3-2-18)14(17(26)27)16(25)15(9)24/h8,14H,2-7H2,1H3,(H,26,27). The topological polar surface area (TPSA) is 81.2 Å². The van der Waals surface area contributed by atoms with Gasteiger partial charge in [-0.2, -0.15) is 0 Å². The number of carbonyl (C=O) groups excluding carboxylic acids is 2. The Balaban J connectivity index is 2.17. The Hall–Kier alpha value is -2.62. The molecule has 27 heavy (non-hydrogen) atoms. The number of benzene rings is 1. The molecule has 0 radical (unpaired) electrons. The molecule has 1 fully saturated rings. The summed E-state index contributed by atoms with van der Waals surface area (Å²) in [6.45, 7) is 0.0562. The molecule has 7 nitrogen and oxygen atoms in total. The molecule has 0 aliphatic carbocycles. The maximum atomic E-state index is 15.3. The zero-order valence-electron chi connectivity index (χ0n) is 14.5. The molecule has 10 heteroatoms. The Morgan fingerprint density at radius 1 is 1.19 bits per heavy atom. The lowest BCUT2D eigenvalue weighted by atomic mass is 9.92. The van der Waals surface area contributed by atoms with Gasteiger partial charge in [-0.05, 0) is 13.1 Å². The molecular weight excluding hydrogens is 367 g/mol. The van der Waals surface area contributed by atoms with Gasteiger partial charge in [0.15, 0.2) is 11.9 Å². The zero-order chi connectivity index (χ0) is 19.9. The Morgan fingerprint density at radius 3 is 2.37 bits per heavy atom. The summed E-state index contributed by atoms with van der Waals surface area (Å²) in [5.41, 5.74) is -1.53. The Labute approximate surface area is 152 Å². The molecule has 1 aromatic rings. The first-order chi connectivity index (χ1) is 12.8. The lowest BCUT2D eigenvalue weighted by Gasteiger charge is -2.38. The van der Waals surface area contributed by atoms with Crippen LogP contribution in [0.2, 0.25) is 0 Å². The van der Waals surface area contributed by atoms with Crippen molar-refractivity contribution in [2.75, 3.05) is 56.2 Å². The third-order valence-electron chi connectivity index (χ3n) is 4.86. The van der Waals surface area contributed by atoms with Crippen LogP contribution in [0.3, 0.4) is 0 Å². The van der Waals surface area contributed by atoms with Gasteiger partial charge in [-0.1, -0.05) is 0 Å². The fraction of sp³-hybridized carbons (Fsp3) is 0.471. The SMILES string of the molecule is CN1CCN(c2c(F)cc3c(c2F)N(CCF)C(C(=O)O)C(=O)C3=O)CC1. The second-order valence-electron chi connectivity index (χ2n) is 6.52. The van der Waals surface area contributed by atoms with Crippen LogP contribution < -0.4 is 9.80 Å². The maximum absolute atomic E-state index is 15.3. The molecule has 2 aliphatic heterocycles. The van der Waals surface area contributed by atoms with Gasteiger partial charge in [-0.25, -0.2) is 18.0 Å². The van der Waals surface area contributed by atoms with Crippen molar-refractivity contribution in [3.63, 3.8) is 0 Å². The van der Waals surface area contributed by atoms with Crippen LogP contribution in [0.1, 0.15) is 10.4 Å². The summed E-state index contributed by atoms with van der Waals surface area (Å²) in [5.74, 6) is -6.52. The molecule has 1 N–H and O–H groups in total. The molecule has 1 saturated heterocycles. The molecular formula is C17H18F3N3O4. The number of likely N-dealkylation sites (N-methyl/N-ethyl adjacent to an activating group) is 1. The molecule has 3 rings (SSSR count). The number of nitrogens with zero attached hydrogens (tertiary/aromatic N) is 3. The maximum Gasteiger partial charge on any atom is 0.334 e. The fourth-order valence-electron chi connectivity index (χ4n) is 3.48. The minimum absolute atomic E-state index is 0.321. The first kappa shape index (κ1) is 19.2. The highest BCUT2D eigenvalue weighted by atomic mass is 19.1. The Kier molecular flexibility index (Phi) is 5.09. The normalized spacial score (nSPS) is 20.8. The summed E-state index contributed by atoms with van der Waals surface area (Å²) >= 11 is 0. The van der Waals surface area contributed by atoms with E-state index in [9.17, 15) is 28.3 Å². The van der Waals surface area contributed by atoms with Crippen molar-refractivity contribution in [3.8, 4) is 0 Å². The van der Waals surface area contributed by atoms with E-state index in [2.05, 4.69) is 0 Å². The number of hydrogen-bond acceptors (Lipinski definition) is 6. The molecule has 0 amide bonds. The van der Waals surface area contributed by atoms with Crippen molar-refractivity contribution in [1.82, 2.24) is 4.90 Å². The van der Waals surface area contributed by atoms with Crippen LogP contribution in [0.5, 0.6) is 0 Å². The fourth-order valence-corrected chi connectivity index (χ4v) is 3.48. The predicted octanol–water partition coefficient (Wildman–Crippen LogP) is 0.711. The lowest BCUT2D eigenvalue weighted by molar-refractivity contribution is -0.141. The van der Waals surface area contributed by atoms with E-state index in [1.54, 1.807) is 0 Å². The van der Waals surface area contributed by atoms with Gasteiger partial charge in [0.05, 0.1) is 11.3 Å². The number of piperazine rings is 1. The number of fused-ring (bicyclic) bond motifs is 1. The van der Waals surface area contributed by atoms with E-state index in [-0.39, 0.29) is 0 Å². The molecule has 2 heterocycles. The number of hydrogen-bond donors (Lipinski definition) is 1. The van der Waals surface area contributed by atoms with Crippen LogP contribution in [0.4, 0.5) is 24.5 Å². The van der Waals surface area contributed by atoms with Gasteiger partial charge < -0.3 is 19.8 Å². The smallest absolute Gasteiger partial charge is 0.334 e. The van der Waals surface area contributed by atoms with Gasteiger partial charge in [-0.3, -0.25) is 9.59 Å². The lowest BCUT2D eigenvalue weighted by Crippen LogP contribution is -2.54. The number of ketones is 2. The van der Waals surface area contributed by atoms with Gasteiger partial charge in [0.2, 0.25) is 11.6 Å². The number of anilines is 2. The molecule has 0 spiro atoms. The summed E-state index contributed by atoms with van der Waals surface area (Å²) in [6, 6.07) is -1.31. The molecule has 0 bridgehead atoms. The summed E-state index contributed by atoms with van der Waals surface area (Å²) in [6.07, 6.45) is 0. The third-order valence-corrected chi connectivity index (χ3v) is 4.86. The Bertz CT molecular complexity index is 809. The molecule has 146 valence electrons. The van der Waals surface area contributed by atoms with E-state index < -0.39 is 65.4 Å². The van der Waals surface area contributed by atoms with Crippen LogP contribution in [0.25, 0.3) is 0 Å². The summed E-state index contributed by atoms with van der Waals surface area (Å²) in [5, 5.41) is 9.29. The molecule has 1 atom stereocenters. The van der Waals surface area contributed by atoms with Crippen LogP contribution in [-0.4, -0.2) is 80.0 Å². The predicted molar refractivity (Wildman–Crippen MR) is 90.2 cm³/mol. The second-order valence-corrected chi connectivity index (χ2v) is 6.52. The monoisotopic (exact) mass is 385 g/mol. The molecule has 1 unspecified atom stereocenters. The van der Waals surface area contributed by atoms with Gasteiger partial charge in [0.25, 0.3) is 0 Å². The number of carbonyl (C=O) groups is 3. The van der Waals surface area contributed by atoms with Crippen LogP contribution >= 0.6 is 0 Å². The number of Topliss-reactive ketones (excluding diaryl/α,β-unsaturated/α-hetero) is 2. The number of carboxylic acid groups (broad SMARTS) is 1. The van der Waals surface area contributed by atoms with Gasteiger partial charge in [-0.15, -0.1) is 0 Å². The van der Waals surface area contributed by atoms with E-state index in [4.69, 9.17) is 0 Å². The van der Waals surface area contributed by atoms with Crippen LogP contribution in [0, 0.1) is 11.6 Å². The largest absolute Gasteiger partial charge is 0.479 e. The van der Waals surface area contributed by atoms with Crippen molar-refractivity contribution >= 4 is 28.9 Å². The first-order valence-electron chi connectivity index (χ1n) is 8.37. The Morgan fingerprint density at radius 2 is 1.81 bits per heavy atom. The van der Waals surface area contributed by atoms with Gasteiger partial charge in [0.1, 0.15) is 18.2 Å². The average Bonchev–Trinajstić information content (AvgIpc) is 2.60. The quantitative estimate of drug-likeness (QED) is 0.604. The average molecular weight is 385 g/mol. The highest BCUT2D eigenvalue weighted by molar-refractivity contribution is 6.51. The highest BCUT2D eigenvalue weighted by Gasteiger charge is 2.46. The van der Waals surface area contributed by atoms with E-state index in [0.717, 1.165) is 6.07 Å². The van der Waals surface area contributed by atoms with Crippen molar-refractivity contribution < 1.29 is 32.7 Å². The zero-order valence-corrected chi connectivity index (χ0v) is 14.5. The van der Waals surface area contributed by atoms with Crippen LogP contribution in [-0.2, 0) is 9.59 Å². The highest BCUT2D eigenvalue weighted by Crippen LogP contribution is 2.39. The second kappa shape index (κ2) is 7.18. The van der Waals surface area contributed by atoms with Gasteiger partial charge in [0, 0.05) is 32.7 Å². The number of aliphatic carboxylic acids is 1. The van der Waals surface area contributed by atoms with Crippen molar-refractivity contribution in [3.05, 3.63) is 23.3 Å². The number of alkyl halides is 1. The van der Waals surface area contributed by atoms with Crippen molar-refractivity contribution in [2.45, 2.75) is 6.04 Å². The van der Waals surface area contributed by atoms with E-state index in [1.807, 2.05) is 11.9 Å². The molecule has 0 aromatic heterocycles. The van der Waals surface area contributed by atoms with Crippen molar-refractivity contribution in [1.29, 1.82) is 0 Å². The number of halogens is 3. The number of carboxylic acids is 1. The number of rotatable bonds is 4. The summed E-state index contributed by atoms with van der Waals surface area (Å²) in [7, 11) is 1.86. The minimum atomic E-state index is -2.04. The van der Waals surface area contributed by atoms with E-state index in [0.29, 0.717) is 31.1 Å². The minimum Gasteiger partial charge on any atom is -0.479 e.